The summed E-state index contributed by atoms with van der Waals surface area (Å²) >= 11 is 1.40. The van der Waals surface area contributed by atoms with Gasteiger partial charge in [-0.2, -0.15) is 0 Å². The van der Waals surface area contributed by atoms with Crippen molar-refractivity contribution in [1.82, 2.24) is 10.3 Å². The van der Waals surface area contributed by atoms with Crippen LogP contribution >= 0.6 is 11.3 Å². The maximum absolute atomic E-state index is 11.5. The van der Waals surface area contributed by atoms with Crippen LogP contribution < -0.4 is 10.6 Å². The fraction of sp³-hybridized carbons (Fsp3) is 0.231. The van der Waals surface area contributed by atoms with E-state index in [1.54, 1.807) is 6.20 Å². The van der Waals surface area contributed by atoms with Crippen LogP contribution in [-0.2, 0) is 6.42 Å². The van der Waals surface area contributed by atoms with E-state index in [2.05, 4.69) is 40.7 Å². The van der Waals surface area contributed by atoms with Gasteiger partial charge in [0.05, 0.1) is 0 Å². The number of urea groups is 1. The average Bonchev–Trinajstić information content (AvgIpc) is 2.82. The van der Waals surface area contributed by atoms with Gasteiger partial charge in [-0.05, 0) is 18.9 Å². The lowest BCUT2D eigenvalue weighted by Crippen LogP contribution is -2.30. The van der Waals surface area contributed by atoms with Crippen LogP contribution in [0.4, 0.5) is 9.93 Å². The zero-order valence-electron chi connectivity index (χ0n) is 10.1. The smallest absolute Gasteiger partial charge is 0.321 e. The molecule has 0 saturated heterocycles. The predicted octanol–water partition coefficient (Wildman–Crippen LogP) is 2.82. The molecule has 0 unspecified atom stereocenters. The normalized spacial score (nSPS) is 10.1. The maximum atomic E-state index is 11.5. The number of benzene rings is 1. The zero-order valence-corrected chi connectivity index (χ0v) is 11.0. The molecule has 0 aliphatic carbocycles. The Morgan fingerprint density at radius 3 is 3.06 bits per heavy atom. The van der Waals surface area contributed by atoms with Gasteiger partial charge in [0, 0.05) is 18.1 Å². The molecule has 1 heterocycles. The summed E-state index contributed by atoms with van der Waals surface area (Å²) in [6.45, 7) is 2.67. The number of amides is 2. The van der Waals surface area contributed by atoms with Crippen LogP contribution in [-0.4, -0.2) is 17.6 Å². The summed E-state index contributed by atoms with van der Waals surface area (Å²) in [5.41, 5.74) is 2.46. The molecule has 5 heteroatoms. The first-order valence-electron chi connectivity index (χ1n) is 5.74. The second kappa shape index (κ2) is 6.16. The summed E-state index contributed by atoms with van der Waals surface area (Å²) in [5.74, 6) is 0. The number of aryl methyl sites for hydroxylation is 1. The zero-order chi connectivity index (χ0) is 12.8. The first kappa shape index (κ1) is 12.6. The molecule has 2 rings (SSSR count). The lowest BCUT2D eigenvalue weighted by molar-refractivity contribution is 0.252. The number of carbonyl (C=O) groups is 1. The van der Waals surface area contributed by atoms with E-state index >= 15 is 0 Å². The monoisotopic (exact) mass is 261 g/mol. The number of aromatic nitrogens is 1. The van der Waals surface area contributed by atoms with Crippen molar-refractivity contribution in [3.8, 4) is 0 Å². The standard InChI is InChI=1S/C13H15N3OS/c1-10-3-2-4-11(9-10)5-6-14-12(17)16-13-15-7-8-18-13/h2-4,7-9H,5-6H2,1H3,(H2,14,15,16,17). The van der Waals surface area contributed by atoms with Crippen molar-refractivity contribution >= 4 is 22.5 Å². The van der Waals surface area contributed by atoms with Crippen LogP contribution in [0.1, 0.15) is 11.1 Å². The number of anilines is 1. The highest BCUT2D eigenvalue weighted by Gasteiger charge is 2.02. The number of thiazole rings is 1. The summed E-state index contributed by atoms with van der Waals surface area (Å²) in [5, 5.41) is 7.92. The quantitative estimate of drug-likeness (QED) is 0.889. The van der Waals surface area contributed by atoms with Crippen molar-refractivity contribution in [2.24, 2.45) is 0 Å². The van der Waals surface area contributed by atoms with Gasteiger partial charge >= 0.3 is 6.03 Å². The van der Waals surface area contributed by atoms with E-state index in [9.17, 15) is 4.79 Å². The van der Waals surface area contributed by atoms with Crippen molar-refractivity contribution in [3.05, 3.63) is 47.0 Å². The fourth-order valence-corrected chi connectivity index (χ4v) is 2.14. The molecule has 0 saturated carbocycles. The fourth-order valence-electron chi connectivity index (χ4n) is 1.61. The largest absolute Gasteiger partial charge is 0.337 e. The summed E-state index contributed by atoms with van der Waals surface area (Å²) < 4.78 is 0. The topological polar surface area (TPSA) is 54.0 Å². The predicted molar refractivity (Wildman–Crippen MR) is 74.0 cm³/mol. The van der Waals surface area contributed by atoms with Gasteiger partial charge in [0.25, 0.3) is 0 Å². The number of nitrogens with one attached hydrogen (secondary N) is 2. The van der Waals surface area contributed by atoms with Crippen molar-refractivity contribution in [2.75, 3.05) is 11.9 Å². The lowest BCUT2D eigenvalue weighted by atomic mass is 10.1. The van der Waals surface area contributed by atoms with E-state index in [1.807, 2.05) is 11.4 Å². The molecule has 2 aromatic rings. The van der Waals surface area contributed by atoms with Crippen LogP contribution in [0.3, 0.4) is 0 Å². The molecule has 1 aromatic heterocycles. The Morgan fingerprint density at radius 1 is 1.44 bits per heavy atom. The molecule has 1 aromatic carbocycles. The van der Waals surface area contributed by atoms with Gasteiger partial charge in [-0.25, -0.2) is 9.78 Å². The molecular formula is C13H15N3OS. The second-order valence-corrected chi connectivity index (χ2v) is 4.85. The van der Waals surface area contributed by atoms with Crippen molar-refractivity contribution in [1.29, 1.82) is 0 Å². The third kappa shape index (κ3) is 3.85. The summed E-state index contributed by atoms with van der Waals surface area (Å²) in [7, 11) is 0. The Balaban J connectivity index is 1.73. The molecule has 0 aliphatic rings. The first-order chi connectivity index (χ1) is 8.74. The van der Waals surface area contributed by atoms with E-state index in [4.69, 9.17) is 0 Å². The van der Waals surface area contributed by atoms with Crippen molar-refractivity contribution < 1.29 is 4.79 Å². The van der Waals surface area contributed by atoms with Crippen LogP contribution in [0.25, 0.3) is 0 Å². The minimum absolute atomic E-state index is 0.211. The van der Waals surface area contributed by atoms with E-state index in [-0.39, 0.29) is 6.03 Å². The number of hydrogen-bond acceptors (Lipinski definition) is 3. The molecule has 2 N–H and O–H groups in total. The van der Waals surface area contributed by atoms with Crippen LogP contribution in [0, 0.1) is 6.92 Å². The molecule has 94 valence electrons. The molecule has 0 fully saturated rings. The average molecular weight is 261 g/mol. The van der Waals surface area contributed by atoms with Crippen LogP contribution in [0.2, 0.25) is 0 Å². The number of nitrogens with zero attached hydrogens (tertiary/aromatic N) is 1. The van der Waals surface area contributed by atoms with E-state index in [1.165, 1.54) is 22.5 Å². The second-order valence-electron chi connectivity index (χ2n) is 3.96. The van der Waals surface area contributed by atoms with E-state index in [0.29, 0.717) is 11.7 Å². The molecule has 18 heavy (non-hydrogen) atoms. The maximum Gasteiger partial charge on any atom is 0.321 e. The third-order valence-electron chi connectivity index (χ3n) is 2.43. The molecule has 0 atom stereocenters. The molecular weight excluding hydrogens is 246 g/mol. The molecule has 0 spiro atoms. The van der Waals surface area contributed by atoms with Crippen molar-refractivity contribution in [2.45, 2.75) is 13.3 Å². The Hall–Kier alpha value is -1.88. The Kier molecular flexibility index (Phi) is 4.30. The van der Waals surface area contributed by atoms with Gasteiger partial charge in [0.15, 0.2) is 5.13 Å². The number of carbonyl (C=O) groups excluding carboxylic acids is 1. The summed E-state index contributed by atoms with van der Waals surface area (Å²) in [6, 6.07) is 8.07. The summed E-state index contributed by atoms with van der Waals surface area (Å²) in [6.07, 6.45) is 2.49. The van der Waals surface area contributed by atoms with E-state index in [0.717, 1.165) is 6.42 Å². The van der Waals surface area contributed by atoms with Gasteiger partial charge in [-0.3, -0.25) is 5.32 Å². The molecule has 0 aliphatic heterocycles. The number of hydrogen-bond donors (Lipinski definition) is 2. The molecule has 0 bridgehead atoms. The number of rotatable bonds is 4. The molecule has 4 nitrogen and oxygen atoms in total. The van der Waals surface area contributed by atoms with Gasteiger partial charge < -0.3 is 5.32 Å². The van der Waals surface area contributed by atoms with Gasteiger partial charge in [-0.15, -0.1) is 11.3 Å². The minimum Gasteiger partial charge on any atom is -0.337 e. The van der Waals surface area contributed by atoms with Crippen molar-refractivity contribution in [3.63, 3.8) is 0 Å². The molecule has 2 amide bonds. The van der Waals surface area contributed by atoms with Gasteiger partial charge in [0.2, 0.25) is 0 Å². The highest BCUT2D eigenvalue weighted by atomic mass is 32.1. The molecule has 0 radical (unpaired) electrons. The highest BCUT2D eigenvalue weighted by Crippen LogP contribution is 2.09. The minimum atomic E-state index is -0.211. The Morgan fingerprint density at radius 2 is 2.33 bits per heavy atom. The van der Waals surface area contributed by atoms with E-state index < -0.39 is 0 Å². The summed E-state index contributed by atoms with van der Waals surface area (Å²) in [4.78, 5) is 15.5. The van der Waals surface area contributed by atoms with Gasteiger partial charge in [0.1, 0.15) is 0 Å². The Labute approximate surface area is 110 Å². The highest BCUT2D eigenvalue weighted by molar-refractivity contribution is 7.13. The first-order valence-corrected chi connectivity index (χ1v) is 6.62. The van der Waals surface area contributed by atoms with Crippen LogP contribution in [0.15, 0.2) is 35.8 Å². The van der Waals surface area contributed by atoms with Gasteiger partial charge in [-0.1, -0.05) is 29.8 Å². The Bertz CT molecular complexity index is 511. The third-order valence-corrected chi connectivity index (χ3v) is 3.12. The van der Waals surface area contributed by atoms with Crippen LogP contribution in [0.5, 0.6) is 0 Å². The SMILES string of the molecule is Cc1cccc(CCNC(=O)Nc2nccs2)c1. The lowest BCUT2D eigenvalue weighted by Gasteiger charge is -2.06.